The molecule has 0 saturated heterocycles. The molecule has 3 heteroatoms. The van der Waals surface area contributed by atoms with Crippen LogP contribution in [0.25, 0.3) is 0 Å². The third-order valence-corrected chi connectivity index (χ3v) is 3.85. The Bertz CT molecular complexity index is 371. The number of rotatable bonds is 11. The smallest absolute Gasteiger partial charge is 0.129 e. The summed E-state index contributed by atoms with van der Waals surface area (Å²) in [6, 6.07) is 2.85. The molecule has 1 atom stereocenters. The first kappa shape index (κ1) is 15.6. The number of furan rings is 1. The third kappa shape index (κ3) is 6.10. The molecule has 114 valence electrons. The lowest BCUT2D eigenvalue weighted by Gasteiger charge is -2.11. The SMILES string of the molecule is CCCCCCC(C)OCc1cc(CNC2CC2)co1. The molecule has 1 aliphatic rings. The number of ether oxygens (including phenoxy) is 1. The van der Waals surface area contributed by atoms with Crippen LogP contribution in [0.2, 0.25) is 0 Å². The average molecular weight is 279 g/mol. The summed E-state index contributed by atoms with van der Waals surface area (Å²) in [4.78, 5) is 0. The van der Waals surface area contributed by atoms with E-state index in [1.54, 1.807) is 0 Å². The maximum Gasteiger partial charge on any atom is 0.129 e. The molecule has 1 aliphatic carbocycles. The van der Waals surface area contributed by atoms with E-state index in [-0.39, 0.29) is 0 Å². The molecular weight excluding hydrogens is 250 g/mol. The lowest BCUT2D eigenvalue weighted by molar-refractivity contribution is 0.0360. The van der Waals surface area contributed by atoms with Crippen LogP contribution in [0, 0.1) is 0 Å². The number of unbranched alkanes of at least 4 members (excludes halogenated alkanes) is 3. The fourth-order valence-corrected chi connectivity index (χ4v) is 2.31. The summed E-state index contributed by atoms with van der Waals surface area (Å²) >= 11 is 0. The van der Waals surface area contributed by atoms with E-state index < -0.39 is 0 Å². The molecule has 0 aromatic carbocycles. The molecule has 0 bridgehead atoms. The second kappa shape index (κ2) is 8.48. The van der Waals surface area contributed by atoms with Gasteiger partial charge >= 0.3 is 0 Å². The van der Waals surface area contributed by atoms with E-state index in [0.29, 0.717) is 12.7 Å². The summed E-state index contributed by atoms with van der Waals surface area (Å²) in [7, 11) is 0. The second-order valence-corrected chi connectivity index (χ2v) is 6.05. The van der Waals surface area contributed by atoms with Crippen molar-refractivity contribution in [2.24, 2.45) is 0 Å². The highest BCUT2D eigenvalue weighted by Crippen LogP contribution is 2.20. The van der Waals surface area contributed by atoms with Crippen molar-refractivity contribution in [1.82, 2.24) is 5.32 Å². The normalized spacial score (nSPS) is 16.5. The van der Waals surface area contributed by atoms with Gasteiger partial charge in [-0.3, -0.25) is 0 Å². The number of nitrogens with one attached hydrogen (secondary N) is 1. The van der Waals surface area contributed by atoms with Crippen molar-refractivity contribution in [1.29, 1.82) is 0 Å². The summed E-state index contributed by atoms with van der Waals surface area (Å²) in [6.07, 6.45) is 11.2. The molecule has 2 rings (SSSR count). The Morgan fingerprint density at radius 1 is 1.35 bits per heavy atom. The first-order valence-corrected chi connectivity index (χ1v) is 8.19. The van der Waals surface area contributed by atoms with Crippen molar-refractivity contribution in [3.8, 4) is 0 Å². The lowest BCUT2D eigenvalue weighted by Crippen LogP contribution is -2.14. The highest BCUT2D eigenvalue weighted by molar-refractivity contribution is 5.12. The second-order valence-electron chi connectivity index (χ2n) is 6.05. The Balaban J connectivity index is 1.57. The summed E-state index contributed by atoms with van der Waals surface area (Å²) in [5, 5.41) is 3.49. The van der Waals surface area contributed by atoms with Crippen LogP contribution in [0.5, 0.6) is 0 Å². The number of hydrogen-bond donors (Lipinski definition) is 1. The maximum atomic E-state index is 5.85. The monoisotopic (exact) mass is 279 g/mol. The third-order valence-electron chi connectivity index (χ3n) is 3.85. The van der Waals surface area contributed by atoms with Gasteiger partial charge in [-0.15, -0.1) is 0 Å². The quantitative estimate of drug-likeness (QED) is 0.609. The molecule has 3 nitrogen and oxygen atoms in total. The van der Waals surface area contributed by atoms with Gasteiger partial charge in [0, 0.05) is 18.2 Å². The Kier molecular flexibility index (Phi) is 6.61. The predicted molar refractivity (Wildman–Crippen MR) is 81.6 cm³/mol. The van der Waals surface area contributed by atoms with Crippen LogP contribution < -0.4 is 5.32 Å². The summed E-state index contributed by atoms with van der Waals surface area (Å²) in [5.74, 6) is 0.943. The van der Waals surface area contributed by atoms with E-state index in [1.807, 2.05) is 6.26 Å². The van der Waals surface area contributed by atoms with Crippen LogP contribution in [0.15, 0.2) is 16.7 Å². The Labute approximate surface area is 123 Å². The van der Waals surface area contributed by atoms with Crippen molar-refractivity contribution in [2.75, 3.05) is 0 Å². The zero-order chi connectivity index (χ0) is 14.2. The topological polar surface area (TPSA) is 34.4 Å². The molecule has 0 spiro atoms. The fraction of sp³-hybridized carbons (Fsp3) is 0.765. The molecule has 0 aliphatic heterocycles. The van der Waals surface area contributed by atoms with Gasteiger partial charge in [0.2, 0.25) is 0 Å². The average Bonchev–Trinajstić information content (AvgIpc) is 3.17. The first-order chi connectivity index (χ1) is 9.78. The van der Waals surface area contributed by atoms with Gasteiger partial charge in [0.15, 0.2) is 0 Å². The van der Waals surface area contributed by atoms with Crippen LogP contribution in [-0.4, -0.2) is 12.1 Å². The van der Waals surface area contributed by atoms with E-state index in [9.17, 15) is 0 Å². The Hall–Kier alpha value is -0.800. The highest BCUT2D eigenvalue weighted by Gasteiger charge is 2.20. The summed E-state index contributed by atoms with van der Waals surface area (Å²) in [6.45, 7) is 5.91. The van der Waals surface area contributed by atoms with Gasteiger partial charge in [-0.25, -0.2) is 0 Å². The fourth-order valence-electron chi connectivity index (χ4n) is 2.31. The van der Waals surface area contributed by atoms with Gasteiger partial charge in [0.1, 0.15) is 12.4 Å². The zero-order valence-corrected chi connectivity index (χ0v) is 13.0. The van der Waals surface area contributed by atoms with Crippen LogP contribution in [0.1, 0.15) is 70.1 Å². The molecular formula is C17H29NO2. The van der Waals surface area contributed by atoms with Crippen molar-refractivity contribution < 1.29 is 9.15 Å². The minimum Gasteiger partial charge on any atom is -0.467 e. The maximum absolute atomic E-state index is 5.85. The van der Waals surface area contributed by atoms with Gasteiger partial charge in [-0.05, 0) is 32.3 Å². The molecule has 20 heavy (non-hydrogen) atoms. The van der Waals surface area contributed by atoms with Crippen LogP contribution in [0.3, 0.4) is 0 Å². The van der Waals surface area contributed by atoms with Crippen molar-refractivity contribution >= 4 is 0 Å². The van der Waals surface area contributed by atoms with Gasteiger partial charge in [0.05, 0.1) is 12.4 Å². The van der Waals surface area contributed by atoms with Gasteiger partial charge in [0.25, 0.3) is 0 Å². The van der Waals surface area contributed by atoms with E-state index in [2.05, 4.69) is 25.2 Å². The van der Waals surface area contributed by atoms with Gasteiger partial charge in [-0.2, -0.15) is 0 Å². The van der Waals surface area contributed by atoms with E-state index in [0.717, 1.165) is 24.8 Å². The molecule has 1 heterocycles. The molecule has 0 radical (unpaired) electrons. The molecule has 1 aromatic heterocycles. The number of hydrogen-bond acceptors (Lipinski definition) is 3. The molecule has 1 aromatic rings. The summed E-state index contributed by atoms with van der Waals surface area (Å²) < 4.78 is 11.4. The van der Waals surface area contributed by atoms with Gasteiger partial charge < -0.3 is 14.5 Å². The summed E-state index contributed by atoms with van der Waals surface area (Å²) in [5.41, 5.74) is 1.23. The molecule has 0 amide bonds. The van der Waals surface area contributed by atoms with Crippen LogP contribution in [-0.2, 0) is 17.9 Å². The van der Waals surface area contributed by atoms with E-state index >= 15 is 0 Å². The Morgan fingerprint density at radius 2 is 2.20 bits per heavy atom. The van der Waals surface area contributed by atoms with Crippen molar-refractivity contribution in [2.45, 2.75) is 84.1 Å². The molecule has 1 unspecified atom stereocenters. The highest BCUT2D eigenvalue weighted by atomic mass is 16.5. The van der Waals surface area contributed by atoms with Gasteiger partial charge in [-0.1, -0.05) is 32.6 Å². The molecule has 1 N–H and O–H groups in total. The lowest BCUT2D eigenvalue weighted by atomic mass is 10.1. The minimum atomic E-state index is 0.324. The Morgan fingerprint density at radius 3 is 2.95 bits per heavy atom. The van der Waals surface area contributed by atoms with Crippen LogP contribution in [0.4, 0.5) is 0 Å². The van der Waals surface area contributed by atoms with E-state index in [1.165, 1.54) is 44.1 Å². The largest absolute Gasteiger partial charge is 0.467 e. The first-order valence-electron chi connectivity index (χ1n) is 8.19. The van der Waals surface area contributed by atoms with Crippen molar-refractivity contribution in [3.63, 3.8) is 0 Å². The molecule has 1 fully saturated rings. The van der Waals surface area contributed by atoms with Crippen LogP contribution >= 0.6 is 0 Å². The van der Waals surface area contributed by atoms with E-state index in [4.69, 9.17) is 9.15 Å². The predicted octanol–water partition coefficient (Wildman–Crippen LogP) is 4.41. The zero-order valence-electron chi connectivity index (χ0n) is 13.0. The minimum absolute atomic E-state index is 0.324. The molecule has 1 saturated carbocycles. The van der Waals surface area contributed by atoms with Crippen molar-refractivity contribution in [3.05, 3.63) is 23.7 Å². The standard InChI is InChI=1S/C17H29NO2/c1-3-4-5-6-7-14(2)19-13-17-10-15(12-20-17)11-18-16-8-9-16/h10,12,14,16,18H,3-9,11,13H2,1-2H3.